The van der Waals surface area contributed by atoms with Crippen molar-refractivity contribution in [2.75, 3.05) is 13.2 Å². The Morgan fingerprint density at radius 3 is 2.37 bits per heavy atom. The Morgan fingerprint density at radius 2 is 1.80 bits per heavy atom. The lowest BCUT2D eigenvalue weighted by atomic mass is 9.95. The van der Waals surface area contributed by atoms with Crippen molar-refractivity contribution < 1.29 is 32.5 Å². The third-order valence-corrected chi connectivity index (χ3v) is 5.19. The summed E-state index contributed by atoms with van der Waals surface area (Å²) >= 11 is 0. The molecular formula is C24H27F3N4O4. The predicted molar refractivity (Wildman–Crippen MR) is 122 cm³/mol. The normalized spacial score (nSPS) is 12.1. The number of carboxylic acids is 1. The SMILES string of the molecule is CCCOCn1nc(C(F)(F)F)nc1-c1ccc(-c2cnc(OCC(C)(C)C(=O)O)cc2C)cc1. The fraction of sp³-hybridized carbons (Fsp3) is 0.417. The number of ether oxygens (including phenoxy) is 2. The van der Waals surface area contributed by atoms with Gasteiger partial charge in [0.1, 0.15) is 13.3 Å². The van der Waals surface area contributed by atoms with E-state index >= 15 is 0 Å². The van der Waals surface area contributed by atoms with Crippen LogP contribution in [0.4, 0.5) is 13.2 Å². The molecule has 0 aliphatic carbocycles. The van der Waals surface area contributed by atoms with Crippen LogP contribution >= 0.6 is 0 Å². The van der Waals surface area contributed by atoms with Gasteiger partial charge in [0.15, 0.2) is 5.82 Å². The zero-order chi connectivity index (χ0) is 25.8. The van der Waals surface area contributed by atoms with Gasteiger partial charge in [0.25, 0.3) is 5.82 Å². The number of carbonyl (C=O) groups is 1. The van der Waals surface area contributed by atoms with Crippen LogP contribution in [-0.2, 0) is 22.4 Å². The fourth-order valence-corrected chi connectivity index (χ4v) is 3.09. The van der Waals surface area contributed by atoms with Gasteiger partial charge in [-0.05, 0) is 38.3 Å². The second kappa shape index (κ2) is 10.4. The highest BCUT2D eigenvalue weighted by Gasteiger charge is 2.37. The van der Waals surface area contributed by atoms with Crippen molar-refractivity contribution in [1.82, 2.24) is 19.7 Å². The van der Waals surface area contributed by atoms with Crippen LogP contribution in [-0.4, -0.2) is 44.0 Å². The molecule has 0 aliphatic heterocycles. The summed E-state index contributed by atoms with van der Waals surface area (Å²) in [5.74, 6) is -1.84. The maximum absolute atomic E-state index is 13.2. The van der Waals surface area contributed by atoms with E-state index in [2.05, 4.69) is 15.1 Å². The minimum Gasteiger partial charge on any atom is -0.481 e. The number of halogens is 3. The Kier molecular flexibility index (Phi) is 7.79. The number of pyridine rings is 1. The summed E-state index contributed by atoms with van der Waals surface area (Å²) in [5.41, 5.74) is 1.83. The number of benzene rings is 1. The van der Waals surface area contributed by atoms with Crippen molar-refractivity contribution in [3.05, 3.63) is 47.9 Å². The van der Waals surface area contributed by atoms with E-state index in [9.17, 15) is 23.1 Å². The van der Waals surface area contributed by atoms with Crippen LogP contribution in [0, 0.1) is 12.3 Å². The molecule has 0 aliphatic rings. The van der Waals surface area contributed by atoms with Crippen molar-refractivity contribution in [2.45, 2.75) is 47.0 Å². The van der Waals surface area contributed by atoms with E-state index in [1.54, 1.807) is 50.4 Å². The highest BCUT2D eigenvalue weighted by atomic mass is 19.4. The van der Waals surface area contributed by atoms with E-state index in [1.807, 2.05) is 13.8 Å². The maximum Gasteiger partial charge on any atom is 0.453 e. The van der Waals surface area contributed by atoms with Crippen molar-refractivity contribution in [2.24, 2.45) is 5.41 Å². The summed E-state index contributed by atoms with van der Waals surface area (Å²) in [6.45, 7) is 7.09. The smallest absolute Gasteiger partial charge is 0.453 e. The summed E-state index contributed by atoms with van der Waals surface area (Å²) in [6, 6.07) is 8.54. The van der Waals surface area contributed by atoms with Crippen LogP contribution < -0.4 is 4.74 Å². The molecule has 3 rings (SSSR count). The van der Waals surface area contributed by atoms with Crippen molar-refractivity contribution in [3.63, 3.8) is 0 Å². The van der Waals surface area contributed by atoms with Crippen LogP contribution in [0.3, 0.4) is 0 Å². The number of aromatic nitrogens is 4. The lowest BCUT2D eigenvalue weighted by Crippen LogP contribution is -2.30. The van der Waals surface area contributed by atoms with Gasteiger partial charge in [0.05, 0.1) is 5.41 Å². The summed E-state index contributed by atoms with van der Waals surface area (Å²) in [4.78, 5) is 19.2. The summed E-state index contributed by atoms with van der Waals surface area (Å²) in [5, 5.41) is 12.8. The summed E-state index contributed by atoms with van der Waals surface area (Å²) in [6.07, 6.45) is -2.34. The van der Waals surface area contributed by atoms with Crippen molar-refractivity contribution in [1.29, 1.82) is 0 Å². The number of carboxylic acid groups (broad SMARTS) is 1. The highest BCUT2D eigenvalue weighted by Crippen LogP contribution is 2.31. The lowest BCUT2D eigenvalue weighted by Gasteiger charge is -2.19. The van der Waals surface area contributed by atoms with E-state index in [4.69, 9.17) is 9.47 Å². The Morgan fingerprint density at radius 1 is 1.14 bits per heavy atom. The molecule has 0 atom stereocenters. The van der Waals surface area contributed by atoms with Gasteiger partial charge in [0, 0.05) is 30.0 Å². The molecule has 2 heterocycles. The third kappa shape index (κ3) is 6.36. The number of aryl methyl sites for hydroxylation is 1. The first-order valence-electron chi connectivity index (χ1n) is 11.0. The van der Waals surface area contributed by atoms with Gasteiger partial charge in [0.2, 0.25) is 5.88 Å². The van der Waals surface area contributed by atoms with Crippen LogP contribution in [0.25, 0.3) is 22.5 Å². The average Bonchev–Trinajstić information content (AvgIpc) is 3.23. The molecule has 11 heteroatoms. The highest BCUT2D eigenvalue weighted by molar-refractivity contribution is 5.74. The quantitative estimate of drug-likeness (QED) is 0.388. The number of rotatable bonds is 10. The topological polar surface area (TPSA) is 99.4 Å². The lowest BCUT2D eigenvalue weighted by molar-refractivity contribution is -0.148. The monoisotopic (exact) mass is 492 g/mol. The van der Waals surface area contributed by atoms with Crippen molar-refractivity contribution in [3.8, 4) is 28.4 Å². The standard InChI is InChI=1S/C24H27F3N4O4/c1-5-10-34-14-31-20(29-21(30-31)24(25,26)27)17-8-6-16(7-9-17)18-12-28-19(11-15(18)2)35-13-23(3,4)22(32)33/h6-9,11-12H,5,10,13-14H2,1-4H3,(H,32,33). The molecule has 0 unspecified atom stereocenters. The van der Waals surface area contributed by atoms with E-state index in [0.717, 1.165) is 27.8 Å². The van der Waals surface area contributed by atoms with Gasteiger partial charge in [-0.15, -0.1) is 5.10 Å². The molecule has 1 N–H and O–H groups in total. The Hall–Kier alpha value is -3.47. The Labute approximate surface area is 200 Å². The molecule has 0 saturated carbocycles. The number of aliphatic carboxylic acids is 1. The number of alkyl halides is 3. The van der Waals surface area contributed by atoms with Crippen LogP contribution in [0.5, 0.6) is 5.88 Å². The first kappa shape index (κ1) is 26.1. The van der Waals surface area contributed by atoms with E-state index in [0.29, 0.717) is 18.1 Å². The zero-order valence-corrected chi connectivity index (χ0v) is 19.9. The Bertz CT molecular complexity index is 1170. The van der Waals surface area contributed by atoms with Crippen LogP contribution in [0.2, 0.25) is 0 Å². The molecule has 3 aromatic rings. The molecule has 0 amide bonds. The minimum atomic E-state index is -4.67. The summed E-state index contributed by atoms with van der Waals surface area (Å²) in [7, 11) is 0. The van der Waals surface area contributed by atoms with E-state index < -0.39 is 23.4 Å². The number of hydrogen-bond donors (Lipinski definition) is 1. The Balaban J connectivity index is 1.82. The third-order valence-electron chi connectivity index (χ3n) is 5.19. The number of nitrogens with zero attached hydrogens (tertiary/aromatic N) is 4. The first-order chi connectivity index (χ1) is 16.4. The van der Waals surface area contributed by atoms with Gasteiger partial charge in [-0.25, -0.2) is 14.6 Å². The maximum atomic E-state index is 13.2. The first-order valence-corrected chi connectivity index (χ1v) is 11.0. The minimum absolute atomic E-state index is 0.0363. The second-order valence-electron chi connectivity index (χ2n) is 8.69. The van der Waals surface area contributed by atoms with Crippen molar-refractivity contribution >= 4 is 5.97 Å². The van der Waals surface area contributed by atoms with Gasteiger partial charge in [-0.3, -0.25) is 4.79 Å². The molecule has 8 nitrogen and oxygen atoms in total. The molecule has 188 valence electrons. The molecule has 0 bridgehead atoms. The molecule has 2 aromatic heterocycles. The predicted octanol–water partition coefficient (Wildman–Crippen LogP) is 5.21. The van der Waals surface area contributed by atoms with Gasteiger partial charge < -0.3 is 14.6 Å². The molecule has 0 saturated heterocycles. The fourth-order valence-electron chi connectivity index (χ4n) is 3.09. The molecule has 0 fully saturated rings. The van der Waals surface area contributed by atoms with Crippen LogP contribution in [0.15, 0.2) is 36.5 Å². The molecular weight excluding hydrogens is 465 g/mol. The second-order valence-corrected chi connectivity index (χ2v) is 8.69. The molecule has 0 spiro atoms. The van der Waals surface area contributed by atoms with E-state index in [-0.39, 0.29) is 19.2 Å². The van der Waals surface area contributed by atoms with Crippen LogP contribution in [0.1, 0.15) is 38.6 Å². The number of hydrogen-bond acceptors (Lipinski definition) is 6. The van der Waals surface area contributed by atoms with Gasteiger partial charge >= 0.3 is 12.1 Å². The average molecular weight is 492 g/mol. The molecule has 35 heavy (non-hydrogen) atoms. The zero-order valence-electron chi connectivity index (χ0n) is 19.9. The van der Waals surface area contributed by atoms with Gasteiger partial charge in [-0.1, -0.05) is 31.2 Å². The molecule has 0 radical (unpaired) electrons. The molecule has 1 aromatic carbocycles. The van der Waals surface area contributed by atoms with Gasteiger partial charge in [-0.2, -0.15) is 13.2 Å². The van der Waals surface area contributed by atoms with E-state index in [1.165, 1.54) is 0 Å². The largest absolute Gasteiger partial charge is 0.481 e. The summed E-state index contributed by atoms with van der Waals surface area (Å²) < 4.78 is 51.6.